The smallest absolute Gasteiger partial charge is 0.337 e. The van der Waals surface area contributed by atoms with Gasteiger partial charge in [-0.2, -0.15) is 5.26 Å². The summed E-state index contributed by atoms with van der Waals surface area (Å²) in [5, 5.41) is 34.1. The summed E-state index contributed by atoms with van der Waals surface area (Å²) in [7, 11) is 4.40. The van der Waals surface area contributed by atoms with E-state index in [1.807, 2.05) is 4.90 Å². The first-order chi connectivity index (χ1) is 21.3. The number of methoxy groups -OCH3 is 2. The molecular formula is C31H34N4O10. The van der Waals surface area contributed by atoms with Crippen LogP contribution in [0.3, 0.4) is 0 Å². The van der Waals surface area contributed by atoms with Gasteiger partial charge in [-0.15, -0.1) is 0 Å². The number of rotatable bonds is 7. The van der Waals surface area contributed by atoms with Crippen LogP contribution in [0.15, 0.2) is 22.5 Å². The Hall–Kier alpha value is -4.58. The number of nitrogens with one attached hydrogen (secondary N) is 1. The van der Waals surface area contributed by atoms with Crippen LogP contribution in [0.4, 0.5) is 0 Å². The molecule has 1 fully saturated rings. The molecule has 0 spiro atoms. The number of carbonyl (C=O) groups excluding carboxylic acids is 5. The zero-order valence-corrected chi connectivity index (χ0v) is 25.7. The number of phenols is 1. The first-order valence-corrected chi connectivity index (χ1v) is 14.3. The van der Waals surface area contributed by atoms with Gasteiger partial charge in [0.05, 0.1) is 32.4 Å². The highest BCUT2D eigenvalue weighted by atomic mass is 16.6. The molecule has 3 aliphatic heterocycles. The van der Waals surface area contributed by atoms with Gasteiger partial charge in [0, 0.05) is 59.0 Å². The Balaban J connectivity index is 1.78. The number of Topliss-reactive ketones (excluding diaryl/α,β-unsaturated/α-hetero) is 3. The molecule has 5 rings (SSSR count). The van der Waals surface area contributed by atoms with Crippen molar-refractivity contribution in [2.75, 3.05) is 34.4 Å². The normalized spacial score (nSPS) is 26.0. The Morgan fingerprint density at radius 3 is 2.33 bits per heavy atom. The molecule has 4 aliphatic rings. The van der Waals surface area contributed by atoms with E-state index in [0.717, 1.165) is 6.92 Å². The number of aromatic hydroxyl groups is 1. The van der Waals surface area contributed by atoms with Gasteiger partial charge in [0.1, 0.15) is 18.4 Å². The number of hydrogen-bond acceptors (Lipinski definition) is 13. The van der Waals surface area contributed by atoms with E-state index in [1.165, 1.54) is 21.1 Å². The van der Waals surface area contributed by atoms with E-state index in [-0.39, 0.29) is 59.1 Å². The first kappa shape index (κ1) is 31.8. The maximum atomic E-state index is 13.9. The second kappa shape index (κ2) is 11.7. The molecule has 0 unspecified atom stereocenters. The van der Waals surface area contributed by atoms with Crippen molar-refractivity contribution >= 4 is 29.2 Å². The van der Waals surface area contributed by atoms with E-state index >= 15 is 0 Å². The third kappa shape index (κ3) is 4.70. The molecule has 238 valence electrons. The minimum atomic E-state index is -1.02. The number of aliphatic hydroxyl groups is 1. The van der Waals surface area contributed by atoms with Crippen LogP contribution in [-0.4, -0.2) is 108 Å². The fourth-order valence-electron chi connectivity index (χ4n) is 7.39. The van der Waals surface area contributed by atoms with Crippen LogP contribution in [0.5, 0.6) is 17.2 Å². The quantitative estimate of drug-likeness (QED) is 0.158. The van der Waals surface area contributed by atoms with Gasteiger partial charge < -0.3 is 29.7 Å². The monoisotopic (exact) mass is 622 g/mol. The van der Waals surface area contributed by atoms with Gasteiger partial charge >= 0.3 is 5.97 Å². The predicted octanol–water partition coefficient (Wildman–Crippen LogP) is -0.0728. The molecule has 0 radical (unpaired) electrons. The Morgan fingerprint density at radius 1 is 1.07 bits per heavy atom. The second-order valence-corrected chi connectivity index (χ2v) is 11.5. The minimum Gasteiger partial charge on any atom is -0.507 e. The van der Waals surface area contributed by atoms with E-state index in [2.05, 4.69) is 11.4 Å². The second-order valence-electron chi connectivity index (χ2n) is 11.5. The lowest BCUT2D eigenvalue weighted by Crippen LogP contribution is -2.71. The van der Waals surface area contributed by atoms with Gasteiger partial charge in [-0.25, -0.2) is 4.79 Å². The number of nitriles is 1. The Bertz CT molecular complexity index is 1650. The van der Waals surface area contributed by atoms with Gasteiger partial charge in [0.25, 0.3) is 5.91 Å². The molecule has 1 amide bonds. The standard InChI is InChI=1S/C31H34N4O10/c1-12-25(39)15-8-18-24-23-16(26(40)13(2)29(44-6)30(23)45-21(38)11-36)7-17(34(24)4)19(9-32)35(18)20(10-33-31(42)14(3)37)22(15)27(41)28(12)43-5/h17-20,24,36,40H,7-8,10-11H2,1-6H3,(H,33,42)/t17-,18-,19-,20-,24-/m0/s1. The Morgan fingerprint density at radius 2 is 1.76 bits per heavy atom. The van der Waals surface area contributed by atoms with Crippen molar-refractivity contribution in [1.29, 1.82) is 5.26 Å². The molecule has 1 saturated heterocycles. The molecule has 45 heavy (non-hydrogen) atoms. The van der Waals surface area contributed by atoms with Gasteiger partial charge in [-0.05, 0) is 33.7 Å². The highest BCUT2D eigenvalue weighted by Gasteiger charge is 2.58. The largest absolute Gasteiger partial charge is 0.507 e. The van der Waals surface area contributed by atoms with Gasteiger partial charge in [-0.1, -0.05) is 0 Å². The van der Waals surface area contributed by atoms with Crippen molar-refractivity contribution in [2.45, 2.75) is 63.8 Å². The summed E-state index contributed by atoms with van der Waals surface area (Å²) in [6.45, 7) is 2.97. The number of piperazine rings is 1. The van der Waals surface area contributed by atoms with Crippen LogP contribution in [-0.2, 0) is 35.1 Å². The van der Waals surface area contributed by atoms with Crippen molar-refractivity contribution in [3.8, 4) is 23.3 Å². The van der Waals surface area contributed by atoms with Crippen molar-refractivity contribution in [3.63, 3.8) is 0 Å². The molecule has 1 aliphatic carbocycles. The topological polar surface area (TPSA) is 196 Å². The molecule has 14 nitrogen and oxygen atoms in total. The molecule has 0 saturated carbocycles. The van der Waals surface area contributed by atoms with E-state index in [1.54, 1.807) is 18.9 Å². The fraction of sp³-hybridized carbons (Fsp3) is 0.484. The molecule has 0 aromatic heterocycles. The number of nitrogens with zero attached hydrogens (tertiary/aromatic N) is 3. The molecule has 3 N–H and O–H groups in total. The number of likely N-dealkylation sites (N-methyl/N-ethyl adjacent to an activating group) is 1. The third-order valence-corrected chi connectivity index (χ3v) is 9.36. The summed E-state index contributed by atoms with van der Waals surface area (Å²) in [5.41, 5.74) is 1.45. The number of benzene rings is 1. The summed E-state index contributed by atoms with van der Waals surface area (Å²) in [6, 6.07) is -1.62. The van der Waals surface area contributed by atoms with E-state index < -0.39 is 66.0 Å². The highest BCUT2D eigenvalue weighted by Crippen LogP contribution is 2.56. The number of esters is 1. The number of aliphatic hydroxyl groups excluding tert-OH is 1. The molecule has 3 heterocycles. The van der Waals surface area contributed by atoms with Crippen molar-refractivity contribution < 1.29 is 48.4 Å². The summed E-state index contributed by atoms with van der Waals surface area (Å²) in [5.74, 6) is -3.81. The number of phenolic OH excluding ortho intramolecular Hbond substituents is 1. The van der Waals surface area contributed by atoms with E-state index in [9.17, 15) is 39.4 Å². The number of ether oxygens (including phenoxy) is 3. The first-order valence-electron chi connectivity index (χ1n) is 14.3. The summed E-state index contributed by atoms with van der Waals surface area (Å²) >= 11 is 0. The van der Waals surface area contributed by atoms with Crippen molar-refractivity contribution in [2.24, 2.45) is 0 Å². The number of allylic oxidation sites excluding steroid dienone is 2. The van der Waals surface area contributed by atoms with Gasteiger partial charge in [-0.3, -0.25) is 29.0 Å². The average molecular weight is 623 g/mol. The van der Waals surface area contributed by atoms with Gasteiger partial charge in [0.2, 0.25) is 11.6 Å². The molecule has 2 bridgehead atoms. The summed E-state index contributed by atoms with van der Waals surface area (Å²) in [6.07, 6.45) is 0.104. The zero-order valence-electron chi connectivity index (χ0n) is 25.7. The number of ketones is 3. The van der Waals surface area contributed by atoms with Crippen LogP contribution < -0.4 is 14.8 Å². The summed E-state index contributed by atoms with van der Waals surface area (Å²) in [4.78, 5) is 68.1. The zero-order chi connectivity index (χ0) is 33.1. The number of fused-ring (bicyclic) bond motifs is 6. The molecule has 1 aromatic carbocycles. The van der Waals surface area contributed by atoms with Gasteiger partial charge in [0.15, 0.2) is 23.0 Å². The molecule has 14 heteroatoms. The van der Waals surface area contributed by atoms with Crippen molar-refractivity contribution in [1.82, 2.24) is 15.1 Å². The van der Waals surface area contributed by atoms with Crippen LogP contribution in [0.2, 0.25) is 0 Å². The lowest BCUT2D eigenvalue weighted by molar-refractivity contribution is -0.138. The van der Waals surface area contributed by atoms with Crippen LogP contribution >= 0.6 is 0 Å². The van der Waals surface area contributed by atoms with Crippen LogP contribution in [0.25, 0.3) is 0 Å². The highest BCUT2D eigenvalue weighted by molar-refractivity contribution is 6.35. The lowest BCUT2D eigenvalue weighted by Gasteiger charge is -2.60. The fourth-order valence-corrected chi connectivity index (χ4v) is 7.39. The lowest BCUT2D eigenvalue weighted by atomic mass is 9.69. The maximum Gasteiger partial charge on any atom is 0.337 e. The third-order valence-electron chi connectivity index (χ3n) is 9.36. The predicted molar refractivity (Wildman–Crippen MR) is 154 cm³/mol. The SMILES string of the molecule is COC1=C(C)C(=O)C2=C(C1=O)[C@H](CNC(=O)C(C)=O)N1[C@@H](C#N)[C@@H]3Cc4c(O)c(C)c(OC)c(OC(=O)CO)c4[C@H]([C@@H]1C2)N3C. The minimum absolute atomic E-state index is 0.0162. The van der Waals surface area contributed by atoms with Crippen LogP contribution in [0, 0.1) is 18.3 Å². The average Bonchev–Trinajstić information content (AvgIpc) is 3.01. The van der Waals surface area contributed by atoms with E-state index in [4.69, 9.17) is 14.2 Å². The number of hydrogen-bond donors (Lipinski definition) is 3. The number of carbonyl (C=O) groups is 5. The maximum absolute atomic E-state index is 13.9. The molecular weight excluding hydrogens is 588 g/mol. The molecule has 5 atom stereocenters. The van der Waals surface area contributed by atoms with Crippen molar-refractivity contribution in [3.05, 3.63) is 39.2 Å². The molecule has 1 aromatic rings. The Kier molecular flexibility index (Phi) is 8.30. The van der Waals surface area contributed by atoms with Crippen LogP contribution in [0.1, 0.15) is 43.0 Å². The summed E-state index contributed by atoms with van der Waals surface area (Å²) < 4.78 is 16.5. The number of amides is 1. The Labute approximate surface area is 258 Å². The van der Waals surface area contributed by atoms with E-state index in [0.29, 0.717) is 16.7 Å².